The molecule has 6 nitrogen and oxygen atoms in total. The van der Waals surface area contributed by atoms with Gasteiger partial charge in [0.2, 0.25) is 0 Å². The Hall–Kier alpha value is -1.67. The topological polar surface area (TPSA) is 64.1 Å². The zero-order valence-corrected chi connectivity index (χ0v) is 15.3. The first-order chi connectivity index (χ1) is 11.6. The Bertz CT molecular complexity index is 647. The molecule has 1 unspecified atom stereocenters. The second-order valence-corrected chi connectivity index (χ2v) is 6.37. The van der Waals surface area contributed by atoms with E-state index in [0.717, 1.165) is 27.8 Å². The quantitative estimate of drug-likeness (QED) is 0.747. The van der Waals surface area contributed by atoms with Crippen LogP contribution in [0.25, 0.3) is 10.6 Å². The summed E-state index contributed by atoms with van der Waals surface area (Å²) in [4.78, 5) is 6.70. The van der Waals surface area contributed by atoms with Crippen molar-refractivity contribution in [2.75, 3.05) is 41.5 Å². The van der Waals surface area contributed by atoms with E-state index < -0.39 is 6.10 Å². The van der Waals surface area contributed by atoms with Crippen molar-refractivity contribution in [3.63, 3.8) is 0 Å². The first-order valence-electron chi connectivity index (χ1n) is 7.59. The summed E-state index contributed by atoms with van der Waals surface area (Å²) in [5.74, 6) is 1.48. The van der Waals surface area contributed by atoms with Crippen LogP contribution < -0.4 is 9.47 Å². The van der Waals surface area contributed by atoms with E-state index in [1.807, 2.05) is 35.5 Å². The predicted molar refractivity (Wildman–Crippen MR) is 94.9 cm³/mol. The summed E-state index contributed by atoms with van der Waals surface area (Å²) < 4.78 is 15.6. The van der Waals surface area contributed by atoms with E-state index in [2.05, 4.69) is 4.98 Å². The van der Waals surface area contributed by atoms with Crippen molar-refractivity contribution < 1.29 is 19.3 Å². The number of hydrogen-bond acceptors (Lipinski definition) is 7. The number of hydrogen-bond donors (Lipinski definition) is 1. The molecular formula is C17H24N2O4S. The number of aliphatic hydroxyl groups is 1. The second-order valence-electron chi connectivity index (χ2n) is 5.52. The SMILES string of the molecule is COCC(O)CN(C)Cc1csc(-c2ccc(OC)cc2OC)n1. The molecule has 1 aromatic heterocycles. The summed E-state index contributed by atoms with van der Waals surface area (Å²) in [7, 11) is 6.80. The van der Waals surface area contributed by atoms with Crippen LogP contribution in [0.15, 0.2) is 23.6 Å². The fraction of sp³-hybridized carbons (Fsp3) is 0.471. The summed E-state index contributed by atoms with van der Waals surface area (Å²) in [5.41, 5.74) is 1.90. The normalized spacial score (nSPS) is 12.4. The molecule has 2 rings (SSSR count). The lowest BCUT2D eigenvalue weighted by molar-refractivity contribution is 0.0417. The third-order valence-corrected chi connectivity index (χ3v) is 4.43. The van der Waals surface area contributed by atoms with Crippen molar-refractivity contribution in [2.45, 2.75) is 12.6 Å². The van der Waals surface area contributed by atoms with Gasteiger partial charge in [0.25, 0.3) is 0 Å². The maximum Gasteiger partial charge on any atom is 0.132 e. The smallest absolute Gasteiger partial charge is 0.132 e. The molecular weight excluding hydrogens is 328 g/mol. The van der Waals surface area contributed by atoms with E-state index in [9.17, 15) is 5.11 Å². The maximum absolute atomic E-state index is 9.79. The van der Waals surface area contributed by atoms with Crippen LogP contribution in [-0.4, -0.2) is 62.6 Å². The minimum Gasteiger partial charge on any atom is -0.497 e. The third kappa shape index (κ3) is 4.91. The van der Waals surface area contributed by atoms with Crippen LogP contribution in [0, 0.1) is 0 Å². The van der Waals surface area contributed by atoms with E-state index in [0.29, 0.717) is 19.7 Å². The zero-order valence-electron chi connectivity index (χ0n) is 14.5. The van der Waals surface area contributed by atoms with Gasteiger partial charge in [0.15, 0.2) is 0 Å². The monoisotopic (exact) mass is 352 g/mol. The van der Waals surface area contributed by atoms with Gasteiger partial charge in [0.1, 0.15) is 16.5 Å². The molecule has 0 saturated heterocycles. The standard InChI is InChI=1S/C17H24N2O4S/c1-19(9-13(20)10-21-2)8-12-11-24-17(18-12)15-6-5-14(22-3)7-16(15)23-4/h5-7,11,13,20H,8-10H2,1-4H3. The van der Waals surface area contributed by atoms with Gasteiger partial charge in [-0.3, -0.25) is 4.90 Å². The van der Waals surface area contributed by atoms with Crippen LogP contribution in [-0.2, 0) is 11.3 Å². The van der Waals surface area contributed by atoms with Crippen LogP contribution in [0.3, 0.4) is 0 Å². The van der Waals surface area contributed by atoms with Gasteiger partial charge in [-0.25, -0.2) is 4.98 Å². The molecule has 1 heterocycles. The molecule has 0 fully saturated rings. The first-order valence-corrected chi connectivity index (χ1v) is 8.47. The lowest BCUT2D eigenvalue weighted by atomic mass is 10.2. The highest BCUT2D eigenvalue weighted by atomic mass is 32.1. The molecule has 1 aromatic carbocycles. The van der Waals surface area contributed by atoms with E-state index in [1.54, 1.807) is 32.7 Å². The Morgan fingerprint density at radius 3 is 2.71 bits per heavy atom. The lowest BCUT2D eigenvalue weighted by Crippen LogP contribution is -2.31. The van der Waals surface area contributed by atoms with Gasteiger partial charge in [0.05, 0.1) is 38.2 Å². The van der Waals surface area contributed by atoms with E-state index in [1.165, 1.54) is 0 Å². The fourth-order valence-corrected chi connectivity index (χ4v) is 3.26. The Morgan fingerprint density at radius 1 is 1.25 bits per heavy atom. The van der Waals surface area contributed by atoms with Crippen molar-refractivity contribution in [1.29, 1.82) is 0 Å². The second kappa shape index (κ2) is 8.98. The Labute approximate surface area is 146 Å². The highest BCUT2D eigenvalue weighted by Gasteiger charge is 2.14. The molecule has 0 aliphatic rings. The third-order valence-electron chi connectivity index (χ3n) is 3.50. The molecule has 2 aromatic rings. The minimum atomic E-state index is -0.500. The number of nitrogens with zero attached hydrogens (tertiary/aromatic N) is 2. The number of ether oxygens (including phenoxy) is 3. The van der Waals surface area contributed by atoms with Crippen molar-refractivity contribution in [2.24, 2.45) is 0 Å². The van der Waals surface area contributed by atoms with E-state index in [-0.39, 0.29) is 0 Å². The van der Waals surface area contributed by atoms with Gasteiger partial charge in [0, 0.05) is 31.6 Å². The molecule has 1 atom stereocenters. The largest absolute Gasteiger partial charge is 0.497 e. The van der Waals surface area contributed by atoms with Gasteiger partial charge in [-0.1, -0.05) is 0 Å². The molecule has 0 aliphatic carbocycles. The van der Waals surface area contributed by atoms with Gasteiger partial charge in [-0.05, 0) is 19.2 Å². The molecule has 24 heavy (non-hydrogen) atoms. The van der Waals surface area contributed by atoms with Crippen molar-refractivity contribution >= 4 is 11.3 Å². The van der Waals surface area contributed by atoms with E-state index in [4.69, 9.17) is 14.2 Å². The summed E-state index contributed by atoms with van der Waals surface area (Å²) in [5, 5.41) is 12.7. The molecule has 0 amide bonds. The average Bonchev–Trinajstić information content (AvgIpc) is 3.02. The van der Waals surface area contributed by atoms with Crippen molar-refractivity contribution in [1.82, 2.24) is 9.88 Å². The Morgan fingerprint density at radius 2 is 2.04 bits per heavy atom. The fourth-order valence-electron chi connectivity index (χ4n) is 2.42. The molecule has 0 saturated carbocycles. The van der Waals surface area contributed by atoms with Crippen LogP contribution >= 0.6 is 11.3 Å². The van der Waals surface area contributed by atoms with Gasteiger partial charge < -0.3 is 19.3 Å². The molecule has 0 aliphatic heterocycles. The number of likely N-dealkylation sites (N-methyl/N-ethyl adjacent to an activating group) is 1. The zero-order chi connectivity index (χ0) is 17.5. The maximum atomic E-state index is 9.79. The van der Waals surface area contributed by atoms with Crippen LogP contribution in [0.4, 0.5) is 0 Å². The number of aromatic nitrogens is 1. The molecule has 0 spiro atoms. The molecule has 0 radical (unpaired) electrons. The summed E-state index contributed by atoms with van der Waals surface area (Å²) in [6, 6.07) is 5.70. The number of methoxy groups -OCH3 is 3. The van der Waals surface area contributed by atoms with E-state index >= 15 is 0 Å². The average molecular weight is 352 g/mol. The highest BCUT2D eigenvalue weighted by molar-refractivity contribution is 7.13. The van der Waals surface area contributed by atoms with Crippen LogP contribution in [0.5, 0.6) is 11.5 Å². The highest BCUT2D eigenvalue weighted by Crippen LogP contribution is 2.35. The Kier molecular flexibility index (Phi) is 6.99. The van der Waals surface area contributed by atoms with Crippen molar-refractivity contribution in [3.05, 3.63) is 29.3 Å². The molecule has 1 N–H and O–H groups in total. The predicted octanol–water partition coefficient (Wildman–Crippen LogP) is 2.27. The summed E-state index contributed by atoms with van der Waals surface area (Å²) >= 11 is 1.57. The number of aliphatic hydroxyl groups excluding tert-OH is 1. The van der Waals surface area contributed by atoms with Crippen LogP contribution in [0.2, 0.25) is 0 Å². The number of rotatable bonds is 9. The summed E-state index contributed by atoms with van der Waals surface area (Å²) in [6.45, 7) is 1.53. The molecule has 0 bridgehead atoms. The molecule has 7 heteroatoms. The molecule has 132 valence electrons. The van der Waals surface area contributed by atoms with Gasteiger partial charge in [-0.15, -0.1) is 11.3 Å². The van der Waals surface area contributed by atoms with Crippen LogP contribution in [0.1, 0.15) is 5.69 Å². The lowest BCUT2D eigenvalue weighted by Gasteiger charge is -2.18. The summed E-state index contributed by atoms with van der Waals surface area (Å²) in [6.07, 6.45) is -0.500. The number of benzene rings is 1. The first kappa shape index (κ1) is 18.7. The number of thiazole rings is 1. The van der Waals surface area contributed by atoms with Gasteiger partial charge >= 0.3 is 0 Å². The Balaban J connectivity index is 2.08. The van der Waals surface area contributed by atoms with Crippen molar-refractivity contribution in [3.8, 4) is 22.1 Å². The minimum absolute atomic E-state index is 0.329. The van der Waals surface area contributed by atoms with Gasteiger partial charge in [-0.2, -0.15) is 0 Å².